The Labute approximate surface area is 175 Å². The number of aryl methyl sites for hydroxylation is 1. The van der Waals surface area contributed by atoms with E-state index in [4.69, 9.17) is 10.2 Å². The van der Waals surface area contributed by atoms with Crippen molar-refractivity contribution in [1.29, 1.82) is 0 Å². The molecule has 0 bridgehead atoms. The highest BCUT2D eigenvalue weighted by atomic mass is 28.4. The predicted molar refractivity (Wildman–Crippen MR) is 125 cm³/mol. The smallest absolute Gasteiger partial charge is 0.251 e. The summed E-state index contributed by atoms with van der Waals surface area (Å²) >= 11 is 0. The van der Waals surface area contributed by atoms with Crippen molar-refractivity contribution in [2.75, 3.05) is 12.3 Å². The number of nitrogens with two attached hydrogens (primary N) is 1. The maximum atomic E-state index is 12.6. The zero-order valence-corrected chi connectivity index (χ0v) is 19.4. The molecule has 2 N–H and O–H groups in total. The van der Waals surface area contributed by atoms with Gasteiger partial charge in [0, 0.05) is 29.1 Å². The van der Waals surface area contributed by atoms with Gasteiger partial charge in [-0.3, -0.25) is 4.79 Å². The average molecular weight is 411 g/mol. The number of nitrogens with zero attached hydrogens (tertiary/aromatic N) is 1. The quantitative estimate of drug-likeness (QED) is 0.397. The number of hydrogen-bond donors (Lipinski definition) is 1. The Bertz CT molecular complexity index is 970. The topological polar surface area (TPSA) is 57.2 Å². The van der Waals surface area contributed by atoms with Crippen molar-refractivity contribution >= 4 is 14.0 Å². The third-order valence-corrected chi connectivity index (χ3v) is 11.1. The second kappa shape index (κ2) is 7.96. The number of hydrogen-bond acceptors (Lipinski definition) is 3. The van der Waals surface area contributed by atoms with Crippen LogP contribution >= 0.6 is 0 Å². The first kappa shape index (κ1) is 21.6. The molecule has 0 amide bonds. The molecule has 1 aliphatic rings. The van der Waals surface area contributed by atoms with Crippen molar-refractivity contribution in [3.05, 3.63) is 64.6 Å². The van der Waals surface area contributed by atoms with E-state index < -0.39 is 8.32 Å². The number of aromatic nitrogens is 1. The number of rotatable bonds is 6. The number of fused-ring (bicyclic) bond motifs is 1. The first-order valence-corrected chi connectivity index (χ1v) is 13.4. The minimum Gasteiger partial charge on any atom is -0.414 e. The molecule has 1 heterocycles. The summed E-state index contributed by atoms with van der Waals surface area (Å²) in [6.07, 6.45) is 6.99. The van der Waals surface area contributed by atoms with Crippen LogP contribution in [0.4, 0.5) is 5.69 Å². The normalized spacial score (nSPS) is 15.2. The summed E-state index contributed by atoms with van der Waals surface area (Å²) in [6, 6.07) is 7.52. The second-order valence-electron chi connectivity index (χ2n) is 9.56. The maximum Gasteiger partial charge on any atom is 0.251 e. The van der Waals surface area contributed by atoms with Gasteiger partial charge in [-0.05, 0) is 54.6 Å². The van der Waals surface area contributed by atoms with E-state index in [1.807, 2.05) is 12.3 Å². The van der Waals surface area contributed by atoms with Crippen molar-refractivity contribution in [2.24, 2.45) is 0 Å². The molecule has 1 aliphatic carbocycles. The molecule has 2 aromatic rings. The molecule has 0 radical (unpaired) electrons. The summed E-state index contributed by atoms with van der Waals surface area (Å²) in [5.74, 6) is 0. The van der Waals surface area contributed by atoms with Crippen LogP contribution in [0.5, 0.6) is 0 Å². The van der Waals surface area contributed by atoms with Crippen LogP contribution in [0.2, 0.25) is 18.1 Å². The van der Waals surface area contributed by atoms with Crippen LogP contribution in [0.3, 0.4) is 0 Å². The summed E-state index contributed by atoms with van der Waals surface area (Å²) < 4.78 is 8.09. The van der Waals surface area contributed by atoms with Gasteiger partial charge in [-0.1, -0.05) is 39.0 Å². The Balaban J connectivity index is 1.93. The van der Waals surface area contributed by atoms with E-state index in [0.717, 1.165) is 36.1 Å². The molecule has 156 valence electrons. The molecule has 3 rings (SSSR count). The largest absolute Gasteiger partial charge is 0.414 e. The van der Waals surface area contributed by atoms with Crippen LogP contribution in [0.25, 0.3) is 11.1 Å². The van der Waals surface area contributed by atoms with Crippen molar-refractivity contribution < 1.29 is 4.43 Å². The van der Waals surface area contributed by atoms with Crippen molar-refractivity contribution in [3.63, 3.8) is 0 Å². The summed E-state index contributed by atoms with van der Waals surface area (Å²) in [7, 11) is -1.92. The Morgan fingerprint density at radius 3 is 2.62 bits per heavy atom. The molecule has 0 aliphatic heterocycles. The fraction of sp³-hybridized carbons (Fsp3) is 0.458. The van der Waals surface area contributed by atoms with E-state index in [1.165, 1.54) is 11.1 Å². The fourth-order valence-corrected chi connectivity index (χ4v) is 4.66. The zero-order valence-electron chi connectivity index (χ0n) is 18.4. The van der Waals surface area contributed by atoms with Crippen molar-refractivity contribution in [1.82, 2.24) is 4.57 Å². The first-order valence-electron chi connectivity index (χ1n) is 10.4. The minimum absolute atomic E-state index is 0.0581. The molecule has 29 heavy (non-hydrogen) atoms. The zero-order chi connectivity index (χ0) is 21.4. The molecule has 1 aromatic heterocycles. The van der Waals surface area contributed by atoms with E-state index in [9.17, 15) is 4.79 Å². The minimum atomic E-state index is -1.92. The van der Waals surface area contributed by atoms with Crippen LogP contribution in [-0.2, 0) is 17.3 Å². The standard InChI is InChI=1S/C24H34N2O2Si/c1-7-19(16-28-29(5,6)24(2,3)4)26-15-18(12-14-22(26)27)21-13-11-17-9-8-10-20(17)23(21)25/h7,11-15,19H,1,8-10,16,25H2,2-6H3. The highest BCUT2D eigenvalue weighted by Gasteiger charge is 2.37. The Morgan fingerprint density at radius 1 is 1.24 bits per heavy atom. The van der Waals surface area contributed by atoms with Crippen LogP contribution in [0.1, 0.15) is 44.4 Å². The lowest BCUT2D eigenvalue weighted by molar-refractivity contribution is 0.250. The van der Waals surface area contributed by atoms with Gasteiger partial charge in [0.15, 0.2) is 8.32 Å². The Hall–Kier alpha value is -2.11. The molecule has 1 aromatic carbocycles. The molecule has 5 heteroatoms. The molecule has 1 atom stereocenters. The third kappa shape index (κ3) is 4.26. The molecular weight excluding hydrogens is 376 g/mol. The molecule has 4 nitrogen and oxygen atoms in total. The number of benzene rings is 1. The van der Waals surface area contributed by atoms with Gasteiger partial charge in [0.25, 0.3) is 5.56 Å². The molecule has 0 spiro atoms. The molecule has 1 unspecified atom stereocenters. The van der Waals surface area contributed by atoms with Gasteiger partial charge in [-0.2, -0.15) is 0 Å². The Kier molecular flexibility index (Phi) is 5.92. The Morgan fingerprint density at radius 2 is 1.97 bits per heavy atom. The maximum absolute atomic E-state index is 12.6. The lowest BCUT2D eigenvalue weighted by Gasteiger charge is -2.37. The van der Waals surface area contributed by atoms with Gasteiger partial charge in [-0.25, -0.2) is 0 Å². The van der Waals surface area contributed by atoms with E-state index in [2.05, 4.69) is 52.6 Å². The predicted octanol–water partition coefficient (Wildman–Crippen LogP) is 5.34. The van der Waals surface area contributed by atoms with Gasteiger partial charge >= 0.3 is 0 Å². The van der Waals surface area contributed by atoms with Crippen molar-refractivity contribution in [3.8, 4) is 11.1 Å². The summed E-state index contributed by atoms with van der Waals surface area (Å²) in [4.78, 5) is 12.6. The third-order valence-electron chi connectivity index (χ3n) is 6.63. The highest BCUT2D eigenvalue weighted by molar-refractivity contribution is 6.74. The summed E-state index contributed by atoms with van der Waals surface area (Å²) in [6.45, 7) is 15.5. The number of pyridine rings is 1. The van der Waals surface area contributed by atoms with Crippen LogP contribution in [0, 0.1) is 0 Å². The van der Waals surface area contributed by atoms with Gasteiger partial charge in [0.2, 0.25) is 0 Å². The van der Waals surface area contributed by atoms with E-state index >= 15 is 0 Å². The second-order valence-corrected chi connectivity index (χ2v) is 14.4. The molecular formula is C24H34N2O2Si. The van der Waals surface area contributed by atoms with E-state index in [1.54, 1.807) is 16.7 Å². The SMILES string of the molecule is C=CC(CO[Si](C)(C)C(C)(C)C)n1cc(-c2ccc3c(c2N)CCC3)ccc1=O. The first-order chi connectivity index (χ1) is 13.5. The average Bonchev–Trinajstić information content (AvgIpc) is 3.13. The van der Waals surface area contributed by atoms with Crippen LogP contribution in [-0.4, -0.2) is 19.5 Å². The van der Waals surface area contributed by atoms with Gasteiger partial charge in [-0.15, -0.1) is 6.58 Å². The van der Waals surface area contributed by atoms with Crippen LogP contribution in [0.15, 0.2) is 47.9 Å². The number of anilines is 1. The van der Waals surface area contributed by atoms with Crippen LogP contribution < -0.4 is 11.3 Å². The molecule has 0 saturated carbocycles. The molecule has 0 saturated heterocycles. The van der Waals surface area contributed by atoms with Crippen molar-refractivity contribution in [2.45, 2.75) is 64.2 Å². The molecule has 0 fully saturated rings. The lowest BCUT2D eigenvalue weighted by atomic mass is 9.98. The monoisotopic (exact) mass is 410 g/mol. The van der Waals surface area contributed by atoms with Gasteiger partial charge < -0.3 is 14.7 Å². The fourth-order valence-electron chi connectivity index (χ4n) is 3.64. The highest BCUT2D eigenvalue weighted by Crippen LogP contribution is 2.37. The van der Waals surface area contributed by atoms with E-state index in [0.29, 0.717) is 6.61 Å². The van der Waals surface area contributed by atoms with Gasteiger partial charge in [0.1, 0.15) is 0 Å². The summed E-state index contributed by atoms with van der Waals surface area (Å²) in [5, 5.41) is 0.115. The van der Waals surface area contributed by atoms with Gasteiger partial charge in [0.05, 0.1) is 12.6 Å². The summed E-state index contributed by atoms with van der Waals surface area (Å²) in [5.41, 5.74) is 11.9. The number of nitrogen functional groups attached to an aromatic ring is 1. The van der Waals surface area contributed by atoms with E-state index in [-0.39, 0.29) is 16.6 Å². The lowest BCUT2D eigenvalue weighted by Crippen LogP contribution is -2.42.